The first kappa shape index (κ1) is 25.0. The largest absolute Gasteiger partial charge is 0.465 e. The lowest BCUT2D eigenvalue weighted by Gasteiger charge is -2.38. The van der Waals surface area contributed by atoms with Crippen molar-refractivity contribution in [3.63, 3.8) is 0 Å². The number of benzene rings is 2. The zero-order valence-electron chi connectivity index (χ0n) is 20.2. The van der Waals surface area contributed by atoms with Crippen molar-refractivity contribution >= 4 is 11.9 Å². The molecule has 1 saturated carbocycles. The van der Waals surface area contributed by atoms with E-state index >= 15 is 0 Å². The Morgan fingerprint density at radius 1 is 1.06 bits per heavy atom. The second kappa shape index (κ2) is 11.5. The number of amides is 1. The first-order valence-electron chi connectivity index (χ1n) is 12.1. The minimum atomic E-state index is -0.697. The van der Waals surface area contributed by atoms with E-state index < -0.39 is 12.0 Å². The molecule has 0 aliphatic heterocycles. The van der Waals surface area contributed by atoms with E-state index in [-0.39, 0.29) is 5.91 Å². The molecule has 1 aliphatic carbocycles. The summed E-state index contributed by atoms with van der Waals surface area (Å²) >= 11 is 0. The van der Waals surface area contributed by atoms with Gasteiger partial charge in [0.25, 0.3) is 5.91 Å². The molecule has 5 heteroatoms. The Balaban J connectivity index is 1.61. The number of ether oxygens (including phenoxy) is 1. The SMILES string of the molecule is CCOC(=O)[C@@H](N)Cc1ccc(C(=O)NC[C@@H](c2ccccc2)C2CCC(C)(C)CC2)cc1. The summed E-state index contributed by atoms with van der Waals surface area (Å²) in [5, 5.41) is 3.17. The molecule has 1 amide bonds. The molecule has 178 valence electrons. The van der Waals surface area contributed by atoms with Crippen molar-refractivity contribution in [1.82, 2.24) is 5.32 Å². The van der Waals surface area contributed by atoms with Crippen LogP contribution in [0.5, 0.6) is 0 Å². The summed E-state index contributed by atoms with van der Waals surface area (Å²) in [6.07, 6.45) is 5.22. The highest BCUT2D eigenvalue weighted by Gasteiger charge is 2.32. The normalized spacial score (nSPS) is 17.7. The molecule has 33 heavy (non-hydrogen) atoms. The Kier molecular flexibility index (Phi) is 8.67. The molecule has 1 aliphatic rings. The third-order valence-electron chi connectivity index (χ3n) is 6.92. The Morgan fingerprint density at radius 3 is 2.30 bits per heavy atom. The van der Waals surface area contributed by atoms with Gasteiger partial charge >= 0.3 is 5.97 Å². The average molecular weight is 451 g/mol. The molecule has 2 aromatic carbocycles. The van der Waals surface area contributed by atoms with Gasteiger partial charge in [-0.05, 0) is 73.6 Å². The molecule has 0 saturated heterocycles. The molecule has 0 unspecified atom stereocenters. The van der Waals surface area contributed by atoms with E-state index in [0.29, 0.717) is 42.4 Å². The minimum Gasteiger partial charge on any atom is -0.465 e. The van der Waals surface area contributed by atoms with E-state index in [4.69, 9.17) is 10.5 Å². The number of hydrogen-bond donors (Lipinski definition) is 2. The number of rotatable bonds is 9. The summed E-state index contributed by atoms with van der Waals surface area (Å²) in [6.45, 7) is 7.41. The van der Waals surface area contributed by atoms with E-state index in [2.05, 4.69) is 43.4 Å². The van der Waals surface area contributed by atoms with Crippen LogP contribution in [0, 0.1) is 11.3 Å². The molecule has 2 atom stereocenters. The first-order chi connectivity index (χ1) is 15.8. The molecular weight excluding hydrogens is 412 g/mol. The molecule has 0 bridgehead atoms. The van der Waals surface area contributed by atoms with Crippen LogP contribution in [0.2, 0.25) is 0 Å². The van der Waals surface area contributed by atoms with Gasteiger partial charge in [0.2, 0.25) is 0 Å². The predicted molar refractivity (Wildman–Crippen MR) is 132 cm³/mol. The lowest BCUT2D eigenvalue weighted by atomic mass is 9.68. The van der Waals surface area contributed by atoms with Crippen molar-refractivity contribution in [3.05, 3.63) is 71.3 Å². The van der Waals surface area contributed by atoms with E-state index in [1.54, 1.807) is 19.1 Å². The maximum absolute atomic E-state index is 12.9. The quantitative estimate of drug-likeness (QED) is 0.535. The minimum absolute atomic E-state index is 0.0756. The lowest BCUT2D eigenvalue weighted by molar-refractivity contribution is -0.144. The fraction of sp³-hybridized carbons (Fsp3) is 0.500. The smallest absolute Gasteiger partial charge is 0.323 e. The Hall–Kier alpha value is -2.66. The molecule has 3 rings (SSSR count). The van der Waals surface area contributed by atoms with Crippen LogP contribution in [0.1, 0.15) is 73.9 Å². The molecule has 1 fully saturated rings. The van der Waals surface area contributed by atoms with Crippen LogP contribution in [0.25, 0.3) is 0 Å². The summed E-state index contributed by atoms with van der Waals surface area (Å²) < 4.78 is 4.96. The maximum Gasteiger partial charge on any atom is 0.323 e. The van der Waals surface area contributed by atoms with E-state index in [1.165, 1.54) is 31.2 Å². The van der Waals surface area contributed by atoms with Gasteiger partial charge in [-0.2, -0.15) is 0 Å². The van der Waals surface area contributed by atoms with Gasteiger partial charge in [-0.15, -0.1) is 0 Å². The molecule has 0 radical (unpaired) electrons. The Morgan fingerprint density at radius 2 is 1.70 bits per heavy atom. The van der Waals surface area contributed by atoms with E-state index in [1.807, 2.05) is 18.2 Å². The van der Waals surface area contributed by atoms with Crippen molar-refractivity contribution in [1.29, 1.82) is 0 Å². The number of carbonyl (C=O) groups is 2. The molecular formula is C28H38N2O3. The number of carbonyl (C=O) groups excluding carboxylic acids is 2. The van der Waals surface area contributed by atoms with Crippen molar-refractivity contribution in [3.8, 4) is 0 Å². The van der Waals surface area contributed by atoms with E-state index in [9.17, 15) is 9.59 Å². The number of hydrogen-bond acceptors (Lipinski definition) is 4. The second-order valence-corrected chi connectivity index (χ2v) is 9.99. The highest BCUT2D eigenvalue weighted by molar-refractivity contribution is 5.94. The zero-order valence-corrected chi connectivity index (χ0v) is 20.2. The number of esters is 1. The van der Waals surface area contributed by atoms with Gasteiger partial charge in [0.1, 0.15) is 6.04 Å². The van der Waals surface area contributed by atoms with Crippen LogP contribution in [-0.4, -0.2) is 31.1 Å². The summed E-state index contributed by atoms with van der Waals surface area (Å²) in [5.74, 6) is 0.409. The molecule has 0 aromatic heterocycles. The fourth-order valence-corrected chi connectivity index (χ4v) is 4.76. The highest BCUT2D eigenvalue weighted by Crippen LogP contribution is 2.43. The van der Waals surface area contributed by atoms with Crippen LogP contribution in [0.3, 0.4) is 0 Å². The van der Waals surface area contributed by atoms with E-state index in [0.717, 1.165) is 5.56 Å². The van der Waals surface area contributed by atoms with Crippen LogP contribution in [0.4, 0.5) is 0 Å². The molecule has 0 spiro atoms. The van der Waals surface area contributed by atoms with Gasteiger partial charge in [0.05, 0.1) is 6.61 Å². The topological polar surface area (TPSA) is 81.4 Å². The van der Waals surface area contributed by atoms with Gasteiger partial charge in [-0.25, -0.2) is 0 Å². The average Bonchev–Trinajstić information content (AvgIpc) is 2.81. The van der Waals surface area contributed by atoms with Crippen molar-refractivity contribution < 1.29 is 14.3 Å². The second-order valence-electron chi connectivity index (χ2n) is 9.99. The fourth-order valence-electron chi connectivity index (χ4n) is 4.76. The van der Waals surface area contributed by atoms with Gasteiger partial charge in [-0.1, -0.05) is 56.3 Å². The maximum atomic E-state index is 12.9. The summed E-state index contributed by atoms with van der Waals surface area (Å²) in [7, 11) is 0. The lowest BCUT2D eigenvalue weighted by Crippen LogP contribution is -2.34. The van der Waals surface area contributed by atoms with Crippen LogP contribution in [0.15, 0.2) is 54.6 Å². The standard InChI is InChI=1S/C28H38N2O3/c1-4-33-27(32)25(29)18-20-10-12-23(13-11-20)26(31)30-19-24(21-8-6-5-7-9-21)22-14-16-28(2,3)17-15-22/h5-13,22,24-25H,4,14-19,29H2,1-3H3,(H,30,31)/t24-,25-/m0/s1. The monoisotopic (exact) mass is 450 g/mol. The molecule has 5 nitrogen and oxygen atoms in total. The van der Waals surface area contributed by atoms with Gasteiger partial charge in [0, 0.05) is 18.0 Å². The van der Waals surface area contributed by atoms with Gasteiger partial charge in [-0.3, -0.25) is 9.59 Å². The van der Waals surface area contributed by atoms with Crippen LogP contribution in [-0.2, 0) is 16.0 Å². The number of nitrogens with two attached hydrogens (primary N) is 1. The number of nitrogens with one attached hydrogen (secondary N) is 1. The van der Waals surface area contributed by atoms with Gasteiger partial charge < -0.3 is 15.8 Å². The first-order valence-corrected chi connectivity index (χ1v) is 12.1. The summed E-state index contributed by atoms with van der Waals surface area (Å²) in [6, 6.07) is 17.2. The Labute approximate surface area is 198 Å². The highest BCUT2D eigenvalue weighted by atomic mass is 16.5. The van der Waals surface area contributed by atoms with Crippen LogP contribution < -0.4 is 11.1 Å². The summed E-state index contributed by atoms with van der Waals surface area (Å²) in [4.78, 5) is 24.6. The van der Waals surface area contributed by atoms with Crippen molar-refractivity contribution in [2.75, 3.05) is 13.2 Å². The molecule has 2 aromatic rings. The van der Waals surface area contributed by atoms with Crippen molar-refractivity contribution in [2.45, 2.75) is 64.8 Å². The van der Waals surface area contributed by atoms with Gasteiger partial charge in [0.15, 0.2) is 0 Å². The predicted octanol–water partition coefficient (Wildman–Crippen LogP) is 4.85. The summed E-state index contributed by atoms with van der Waals surface area (Å²) in [5.41, 5.74) is 9.13. The Bertz CT molecular complexity index is 898. The third kappa shape index (κ3) is 7.16. The molecule has 3 N–H and O–H groups in total. The van der Waals surface area contributed by atoms with Crippen LogP contribution >= 0.6 is 0 Å². The van der Waals surface area contributed by atoms with Crippen molar-refractivity contribution in [2.24, 2.45) is 17.1 Å². The molecule has 0 heterocycles. The zero-order chi connectivity index (χ0) is 23.8. The third-order valence-corrected chi connectivity index (χ3v) is 6.92.